The summed E-state index contributed by atoms with van der Waals surface area (Å²) in [5.41, 5.74) is 5.06. The molecule has 27 heavy (non-hydrogen) atoms. The summed E-state index contributed by atoms with van der Waals surface area (Å²) in [6.07, 6.45) is 0.646. The minimum Gasteiger partial charge on any atom is -0.348 e. The van der Waals surface area contributed by atoms with Gasteiger partial charge in [0.2, 0.25) is 0 Å². The number of benzodiazepines with no additional fused rings is 1. The number of nitrogens with zero attached hydrogens (tertiary/aromatic N) is 1. The van der Waals surface area contributed by atoms with E-state index in [1.807, 2.05) is 54.6 Å². The standard InChI is InChI=1S/C22H16Cl2N2S/c23-17-11-10-14(12-18(17)24)13-20-22(27)26-19-9-5-4-8-16(19)21(25-20)15-6-2-1-3-7-15/h1-12,20H,13H2,(H,26,27). The fourth-order valence-corrected chi connectivity index (χ4v) is 3.72. The molecule has 0 amide bonds. The first-order chi connectivity index (χ1) is 13.1. The number of hydrogen-bond donors (Lipinski definition) is 1. The van der Waals surface area contributed by atoms with Gasteiger partial charge in [-0.2, -0.15) is 0 Å². The third kappa shape index (κ3) is 3.91. The number of nitrogens with one attached hydrogen (secondary N) is 1. The number of benzene rings is 3. The zero-order valence-electron chi connectivity index (χ0n) is 14.3. The summed E-state index contributed by atoms with van der Waals surface area (Å²) in [4.78, 5) is 5.75. The Hall–Kier alpha value is -2.20. The molecule has 0 aromatic heterocycles. The van der Waals surface area contributed by atoms with E-state index in [0.717, 1.165) is 28.1 Å². The van der Waals surface area contributed by atoms with Crippen LogP contribution in [0, 0.1) is 0 Å². The monoisotopic (exact) mass is 410 g/mol. The second-order valence-corrected chi connectivity index (χ2v) is 7.60. The van der Waals surface area contributed by atoms with Crippen LogP contribution in [0.3, 0.4) is 0 Å². The van der Waals surface area contributed by atoms with Crippen LogP contribution in [0.25, 0.3) is 0 Å². The SMILES string of the molecule is S=C1Nc2ccccc2C(c2ccccc2)=NC1Cc1ccc(Cl)c(Cl)c1. The van der Waals surface area contributed by atoms with Crippen molar-refractivity contribution in [2.75, 3.05) is 5.32 Å². The van der Waals surface area contributed by atoms with Gasteiger partial charge in [0, 0.05) is 23.2 Å². The molecule has 134 valence electrons. The molecule has 4 rings (SSSR count). The highest BCUT2D eigenvalue weighted by molar-refractivity contribution is 7.80. The Balaban J connectivity index is 1.78. The number of anilines is 1. The van der Waals surface area contributed by atoms with E-state index in [1.165, 1.54) is 0 Å². The van der Waals surface area contributed by atoms with Crippen LogP contribution >= 0.6 is 35.4 Å². The average Bonchev–Trinajstić information content (AvgIpc) is 2.82. The molecule has 0 radical (unpaired) electrons. The van der Waals surface area contributed by atoms with E-state index in [0.29, 0.717) is 21.5 Å². The van der Waals surface area contributed by atoms with Gasteiger partial charge in [0.15, 0.2) is 0 Å². The molecule has 0 bridgehead atoms. The lowest BCUT2D eigenvalue weighted by molar-refractivity contribution is 0.862. The number of hydrogen-bond acceptors (Lipinski definition) is 2. The van der Waals surface area contributed by atoms with Gasteiger partial charge in [-0.3, -0.25) is 4.99 Å². The zero-order valence-corrected chi connectivity index (χ0v) is 16.7. The molecule has 0 fully saturated rings. The minimum absolute atomic E-state index is 0.195. The third-order valence-electron chi connectivity index (χ3n) is 4.49. The van der Waals surface area contributed by atoms with Crippen LogP contribution in [0.4, 0.5) is 5.69 Å². The fraction of sp³-hybridized carbons (Fsp3) is 0.0909. The summed E-state index contributed by atoms with van der Waals surface area (Å²) in [5, 5.41) is 4.46. The number of para-hydroxylation sites is 1. The average molecular weight is 411 g/mol. The molecule has 3 aromatic carbocycles. The zero-order chi connectivity index (χ0) is 18.8. The lowest BCUT2D eigenvalue weighted by Gasteiger charge is -2.14. The molecular weight excluding hydrogens is 395 g/mol. The van der Waals surface area contributed by atoms with Crippen LogP contribution in [-0.4, -0.2) is 16.7 Å². The van der Waals surface area contributed by atoms with Gasteiger partial charge in [0.25, 0.3) is 0 Å². The molecule has 1 unspecified atom stereocenters. The first kappa shape index (κ1) is 18.2. The Kier molecular flexibility index (Phi) is 5.26. The molecule has 0 saturated carbocycles. The maximum absolute atomic E-state index is 6.18. The van der Waals surface area contributed by atoms with Crippen molar-refractivity contribution in [3.8, 4) is 0 Å². The normalized spacial score (nSPS) is 16.1. The number of thiocarbonyl (C=S) groups is 1. The van der Waals surface area contributed by atoms with E-state index < -0.39 is 0 Å². The van der Waals surface area contributed by atoms with Crippen molar-refractivity contribution in [1.82, 2.24) is 0 Å². The Morgan fingerprint density at radius 2 is 1.63 bits per heavy atom. The van der Waals surface area contributed by atoms with Gasteiger partial charge in [-0.25, -0.2) is 0 Å². The molecule has 1 aliphatic heterocycles. The highest BCUT2D eigenvalue weighted by Crippen LogP contribution is 2.27. The van der Waals surface area contributed by atoms with Gasteiger partial charge < -0.3 is 5.32 Å². The van der Waals surface area contributed by atoms with Gasteiger partial charge in [0.05, 0.1) is 15.8 Å². The van der Waals surface area contributed by atoms with Crippen molar-refractivity contribution in [2.24, 2.45) is 4.99 Å². The Morgan fingerprint density at radius 1 is 0.889 bits per heavy atom. The number of rotatable bonds is 3. The first-order valence-electron chi connectivity index (χ1n) is 8.59. The van der Waals surface area contributed by atoms with Crippen LogP contribution in [-0.2, 0) is 6.42 Å². The summed E-state index contributed by atoms with van der Waals surface area (Å²) in [5.74, 6) is 0. The smallest absolute Gasteiger partial charge is 0.105 e. The predicted molar refractivity (Wildman–Crippen MR) is 119 cm³/mol. The third-order valence-corrected chi connectivity index (χ3v) is 5.60. The van der Waals surface area contributed by atoms with Crippen molar-refractivity contribution >= 4 is 51.8 Å². The van der Waals surface area contributed by atoms with E-state index in [-0.39, 0.29) is 6.04 Å². The van der Waals surface area contributed by atoms with Crippen molar-refractivity contribution in [3.05, 3.63) is 99.5 Å². The number of aliphatic imine (C=N–C) groups is 1. The summed E-state index contributed by atoms with van der Waals surface area (Å²) in [6.45, 7) is 0. The van der Waals surface area contributed by atoms with E-state index >= 15 is 0 Å². The largest absolute Gasteiger partial charge is 0.348 e. The second kappa shape index (κ2) is 7.81. The maximum Gasteiger partial charge on any atom is 0.105 e. The van der Waals surface area contributed by atoms with Gasteiger partial charge in [-0.15, -0.1) is 0 Å². The molecule has 3 aromatic rings. The molecule has 1 N–H and O–H groups in total. The molecule has 1 atom stereocenters. The first-order valence-corrected chi connectivity index (χ1v) is 9.75. The highest BCUT2D eigenvalue weighted by atomic mass is 35.5. The summed E-state index contributed by atoms with van der Waals surface area (Å²) >= 11 is 17.9. The van der Waals surface area contributed by atoms with Crippen LogP contribution in [0.15, 0.2) is 77.8 Å². The Bertz CT molecular complexity index is 1030. The van der Waals surface area contributed by atoms with E-state index in [4.69, 9.17) is 40.4 Å². The molecule has 2 nitrogen and oxygen atoms in total. The number of fused-ring (bicyclic) bond motifs is 1. The lowest BCUT2D eigenvalue weighted by atomic mass is 10.0. The van der Waals surface area contributed by atoms with Gasteiger partial charge in [0.1, 0.15) is 11.0 Å². The van der Waals surface area contributed by atoms with Crippen LogP contribution in [0.1, 0.15) is 16.7 Å². The Morgan fingerprint density at radius 3 is 2.41 bits per heavy atom. The summed E-state index contributed by atoms with van der Waals surface area (Å²) in [6, 6.07) is 23.7. The van der Waals surface area contributed by atoms with Gasteiger partial charge in [-0.05, 0) is 23.8 Å². The van der Waals surface area contributed by atoms with E-state index in [9.17, 15) is 0 Å². The summed E-state index contributed by atoms with van der Waals surface area (Å²) < 4.78 is 0. The Labute approximate surface area is 173 Å². The van der Waals surface area contributed by atoms with Crippen molar-refractivity contribution in [3.63, 3.8) is 0 Å². The quantitative estimate of drug-likeness (QED) is 0.520. The van der Waals surface area contributed by atoms with Crippen molar-refractivity contribution in [1.29, 1.82) is 0 Å². The maximum atomic E-state index is 6.18. The second-order valence-electron chi connectivity index (χ2n) is 6.35. The predicted octanol–water partition coefficient (Wildman–Crippen LogP) is 6.20. The topological polar surface area (TPSA) is 24.4 Å². The van der Waals surface area contributed by atoms with Crippen LogP contribution in [0.2, 0.25) is 10.0 Å². The minimum atomic E-state index is -0.195. The number of halogens is 2. The van der Waals surface area contributed by atoms with Crippen molar-refractivity contribution in [2.45, 2.75) is 12.5 Å². The molecule has 0 aliphatic carbocycles. The lowest BCUT2D eigenvalue weighted by Crippen LogP contribution is -2.25. The molecule has 1 aliphatic rings. The molecule has 0 spiro atoms. The molecular formula is C22H16Cl2N2S. The van der Waals surface area contributed by atoms with Crippen LogP contribution in [0.5, 0.6) is 0 Å². The highest BCUT2D eigenvalue weighted by Gasteiger charge is 2.23. The summed E-state index contributed by atoms with van der Waals surface area (Å²) in [7, 11) is 0. The molecule has 5 heteroatoms. The fourth-order valence-electron chi connectivity index (χ4n) is 3.15. The van der Waals surface area contributed by atoms with E-state index in [2.05, 4.69) is 23.5 Å². The van der Waals surface area contributed by atoms with Gasteiger partial charge in [-0.1, -0.05) is 90.0 Å². The van der Waals surface area contributed by atoms with Crippen molar-refractivity contribution < 1.29 is 0 Å². The van der Waals surface area contributed by atoms with E-state index in [1.54, 1.807) is 0 Å². The molecule has 1 heterocycles. The molecule has 0 saturated heterocycles. The van der Waals surface area contributed by atoms with Crippen LogP contribution < -0.4 is 5.32 Å². The van der Waals surface area contributed by atoms with Gasteiger partial charge >= 0.3 is 0 Å².